The molecule has 0 saturated carbocycles. The maximum Gasteiger partial charge on any atom is 0.262 e. The summed E-state index contributed by atoms with van der Waals surface area (Å²) in [6.45, 7) is 0. The van der Waals surface area contributed by atoms with Crippen molar-refractivity contribution in [3.8, 4) is 5.75 Å². The van der Waals surface area contributed by atoms with Gasteiger partial charge in [-0.15, -0.1) is 0 Å². The molecule has 5 nitrogen and oxygen atoms in total. The van der Waals surface area contributed by atoms with E-state index in [1.165, 1.54) is 0 Å². The van der Waals surface area contributed by atoms with E-state index in [0.717, 1.165) is 33.6 Å². The van der Waals surface area contributed by atoms with E-state index in [1.54, 1.807) is 18.2 Å². The zero-order valence-electron chi connectivity index (χ0n) is 15.9. The van der Waals surface area contributed by atoms with Crippen LogP contribution in [0.2, 0.25) is 0 Å². The Hall–Kier alpha value is -3.86. The van der Waals surface area contributed by atoms with E-state index >= 15 is 0 Å². The number of nitrogens with one attached hydrogen (secondary N) is 1. The largest absolute Gasteiger partial charge is 0.497 e. The van der Waals surface area contributed by atoms with Crippen LogP contribution >= 0.6 is 0 Å². The molecule has 2 heterocycles. The lowest BCUT2D eigenvalue weighted by Crippen LogP contribution is -2.43. The van der Waals surface area contributed by atoms with Crippen molar-refractivity contribution in [2.75, 3.05) is 17.3 Å². The number of aromatic nitrogens is 1. The molecule has 4 aromatic rings. The predicted octanol–water partition coefficient (Wildman–Crippen LogP) is 5.01. The van der Waals surface area contributed by atoms with Gasteiger partial charge in [-0.1, -0.05) is 24.3 Å². The quantitative estimate of drug-likeness (QED) is 0.542. The molecule has 1 aliphatic rings. The highest BCUT2D eigenvalue weighted by atomic mass is 16.5. The van der Waals surface area contributed by atoms with Gasteiger partial charge in [0.2, 0.25) is 0 Å². The molecule has 1 amide bonds. The molecule has 0 spiro atoms. The van der Waals surface area contributed by atoms with Gasteiger partial charge in [0, 0.05) is 23.0 Å². The molecule has 1 aliphatic heterocycles. The Bertz CT molecular complexity index is 1200. The summed E-state index contributed by atoms with van der Waals surface area (Å²) in [5.41, 5.74) is 4.20. The SMILES string of the molecule is COc1ccc(N2C(=O)c3ccccc3NC2c2ccc3ncccc3c2)cc1. The van der Waals surface area contributed by atoms with E-state index in [-0.39, 0.29) is 12.1 Å². The maximum absolute atomic E-state index is 13.5. The third kappa shape index (κ3) is 2.97. The van der Waals surface area contributed by atoms with Crippen molar-refractivity contribution in [3.05, 3.63) is 96.2 Å². The molecule has 0 bridgehead atoms. The Morgan fingerprint density at radius 2 is 1.79 bits per heavy atom. The Kier molecular flexibility index (Phi) is 4.13. The summed E-state index contributed by atoms with van der Waals surface area (Å²) in [6, 6.07) is 25.2. The van der Waals surface area contributed by atoms with Gasteiger partial charge in [0.25, 0.3) is 5.91 Å². The number of fused-ring (bicyclic) bond motifs is 2. The Morgan fingerprint density at radius 3 is 2.62 bits per heavy atom. The topological polar surface area (TPSA) is 54.5 Å². The molecule has 5 rings (SSSR count). The van der Waals surface area contributed by atoms with Gasteiger partial charge in [-0.05, 0) is 60.2 Å². The summed E-state index contributed by atoms with van der Waals surface area (Å²) in [5.74, 6) is 0.709. The normalized spacial score (nSPS) is 15.7. The highest BCUT2D eigenvalue weighted by molar-refractivity contribution is 6.12. The highest BCUT2D eigenvalue weighted by Gasteiger charge is 2.34. The first-order chi connectivity index (χ1) is 14.2. The number of hydrogen-bond donors (Lipinski definition) is 1. The molecule has 0 saturated heterocycles. The van der Waals surface area contributed by atoms with Crippen LogP contribution in [0, 0.1) is 0 Å². The van der Waals surface area contributed by atoms with Gasteiger partial charge in [0.15, 0.2) is 0 Å². The van der Waals surface area contributed by atoms with Gasteiger partial charge in [-0.2, -0.15) is 0 Å². The number of rotatable bonds is 3. The molecule has 0 radical (unpaired) electrons. The number of nitrogens with zero attached hydrogens (tertiary/aromatic N) is 2. The third-order valence-electron chi connectivity index (χ3n) is 5.22. The zero-order chi connectivity index (χ0) is 19.8. The number of ether oxygens (including phenoxy) is 1. The molecule has 0 aliphatic carbocycles. The van der Waals surface area contributed by atoms with Crippen molar-refractivity contribution >= 4 is 28.2 Å². The maximum atomic E-state index is 13.5. The number of amides is 1. The van der Waals surface area contributed by atoms with E-state index < -0.39 is 0 Å². The smallest absolute Gasteiger partial charge is 0.262 e. The molecule has 1 unspecified atom stereocenters. The first kappa shape index (κ1) is 17.3. The second-order valence-electron chi connectivity index (χ2n) is 6.92. The number of methoxy groups -OCH3 is 1. The monoisotopic (exact) mass is 381 g/mol. The summed E-state index contributed by atoms with van der Waals surface area (Å²) >= 11 is 0. The fourth-order valence-electron chi connectivity index (χ4n) is 3.76. The number of para-hydroxylation sites is 1. The van der Waals surface area contributed by atoms with E-state index in [2.05, 4.69) is 16.4 Å². The van der Waals surface area contributed by atoms with E-state index in [4.69, 9.17) is 4.74 Å². The van der Waals surface area contributed by atoms with E-state index in [1.807, 2.05) is 72.8 Å². The van der Waals surface area contributed by atoms with Crippen molar-refractivity contribution in [2.24, 2.45) is 0 Å². The minimum absolute atomic E-state index is 0.0409. The van der Waals surface area contributed by atoms with Crippen LogP contribution in [0.1, 0.15) is 22.1 Å². The van der Waals surface area contributed by atoms with Crippen LogP contribution < -0.4 is 15.0 Å². The molecule has 1 aromatic heterocycles. The molecule has 0 fully saturated rings. The molecule has 5 heteroatoms. The average Bonchev–Trinajstić information content (AvgIpc) is 2.79. The van der Waals surface area contributed by atoms with Crippen molar-refractivity contribution < 1.29 is 9.53 Å². The molecule has 142 valence electrons. The molecular weight excluding hydrogens is 362 g/mol. The first-order valence-corrected chi connectivity index (χ1v) is 9.42. The second-order valence-corrected chi connectivity index (χ2v) is 6.92. The van der Waals surface area contributed by atoms with Crippen molar-refractivity contribution in [1.82, 2.24) is 4.98 Å². The van der Waals surface area contributed by atoms with Crippen LogP contribution in [0.25, 0.3) is 10.9 Å². The fraction of sp³-hybridized carbons (Fsp3) is 0.0833. The minimum atomic E-state index is -0.338. The van der Waals surface area contributed by atoms with Crippen LogP contribution in [-0.4, -0.2) is 18.0 Å². The van der Waals surface area contributed by atoms with Gasteiger partial charge in [0.1, 0.15) is 11.9 Å². The zero-order valence-corrected chi connectivity index (χ0v) is 15.9. The Labute approximate surface area is 168 Å². The molecule has 1 N–H and O–H groups in total. The van der Waals surface area contributed by atoms with Crippen LogP contribution in [0.3, 0.4) is 0 Å². The summed E-state index contributed by atoms with van der Waals surface area (Å²) < 4.78 is 5.27. The van der Waals surface area contributed by atoms with Crippen molar-refractivity contribution in [3.63, 3.8) is 0 Å². The standard InChI is InChI=1S/C24H19N3O2/c1-29-19-11-9-18(10-12-19)27-23(26-22-7-3-2-6-20(22)24(27)28)17-8-13-21-16(15-17)5-4-14-25-21/h2-15,23,26H,1H3. The summed E-state index contributed by atoms with van der Waals surface area (Å²) in [6.07, 6.45) is 1.44. The molecule has 29 heavy (non-hydrogen) atoms. The lowest BCUT2D eigenvalue weighted by atomic mass is 10.0. The number of carbonyl (C=O) groups excluding carboxylic acids is 1. The van der Waals surface area contributed by atoms with Crippen molar-refractivity contribution in [1.29, 1.82) is 0 Å². The predicted molar refractivity (Wildman–Crippen MR) is 114 cm³/mol. The van der Waals surface area contributed by atoms with Gasteiger partial charge < -0.3 is 10.1 Å². The van der Waals surface area contributed by atoms with Crippen LogP contribution in [0.5, 0.6) is 5.75 Å². The summed E-state index contributed by atoms with van der Waals surface area (Å²) in [5, 5.41) is 4.57. The number of benzene rings is 3. The van der Waals surface area contributed by atoms with Gasteiger partial charge in [-0.25, -0.2) is 0 Å². The van der Waals surface area contributed by atoms with Gasteiger partial charge >= 0.3 is 0 Å². The van der Waals surface area contributed by atoms with Crippen LogP contribution in [-0.2, 0) is 0 Å². The average molecular weight is 381 g/mol. The fourth-order valence-corrected chi connectivity index (χ4v) is 3.76. The molecule has 3 aromatic carbocycles. The molecular formula is C24H19N3O2. The highest BCUT2D eigenvalue weighted by Crippen LogP contribution is 2.37. The van der Waals surface area contributed by atoms with Crippen LogP contribution in [0.4, 0.5) is 11.4 Å². The molecule has 1 atom stereocenters. The van der Waals surface area contributed by atoms with Crippen LogP contribution in [0.15, 0.2) is 85.1 Å². The number of hydrogen-bond acceptors (Lipinski definition) is 4. The Balaban J connectivity index is 1.65. The lowest BCUT2D eigenvalue weighted by Gasteiger charge is -2.38. The first-order valence-electron chi connectivity index (χ1n) is 9.42. The minimum Gasteiger partial charge on any atom is -0.497 e. The third-order valence-corrected chi connectivity index (χ3v) is 5.22. The van der Waals surface area contributed by atoms with Crippen molar-refractivity contribution in [2.45, 2.75) is 6.17 Å². The lowest BCUT2D eigenvalue weighted by molar-refractivity contribution is 0.0975. The van der Waals surface area contributed by atoms with Gasteiger partial charge in [-0.3, -0.25) is 14.7 Å². The second kappa shape index (κ2) is 6.95. The Morgan fingerprint density at radius 1 is 0.966 bits per heavy atom. The van der Waals surface area contributed by atoms with E-state index in [9.17, 15) is 4.79 Å². The summed E-state index contributed by atoms with van der Waals surface area (Å²) in [7, 11) is 1.63. The van der Waals surface area contributed by atoms with Gasteiger partial charge in [0.05, 0.1) is 18.2 Å². The van der Waals surface area contributed by atoms with E-state index in [0.29, 0.717) is 5.56 Å². The number of anilines is 2. The number of pyridine rings is 1. The summed E-state index contributed by atoms with van der Waals surface area (Å²) in [4.78, 5) is 19.7. The number of carbonyl (C=O) groups is 1.